The standard InChI is InChI=1S/C23H22FN7O.3ClH/c1-14-13-31-23(26-14)17(12-25)10-21(29-31)16-8-19(24)18-11-20(27-28-22(18)9-16)15-2-4-30(5-3-15)6-7-32;;;/h8-11,13,15,32H,2-7H2,1H3;3*1H. The Morgan fingerprint density at radius 3 is 2.54 bits per heavy atom. The van der Waals surface area contributed by atoms with Gasteiger partial charge in [0.1, 0.15) is 11.9 Å². The van der Waals surface area contributed by atoms with E-state index in [0.29, 0.717) is 39.9 Å². The van der Waals surface area contributed by atoms with Crippen LogP contribution >= 0.6 is 37.2 Å². The molecule has 0 spiro atoms. The summed E-state index contributed by atoms with van der Waals surface area (Å²) in [5.41, 5.74) is 3.84. The second kappa shape index (κ2) is 11.9. The number of piperidine rings is 1. The van der Waals surface area contributed by atoms with E-state index >= 15 is 4.39 Å². The first-order valence-corrected chi connectivity index (χ1v) is 10.6. The molecule has 1 saturated heterocycles. The number of aromatic nitrogens is 5. The van der Waals surface area contributed by atoms with Crippen molar-refractivity contribution in [1.82, 2.24) is 29.7 Å². The normalized spacial score (nSPS) is 14.1. The van der Waals surface area contributed by atoms with Crippen LogP contribution in [0.5, 0.6) is 0 Å². The number of benzene rings is 1. The topological polar surface area (TPSA) is 103 Å². The number of fused-ring (bicyclic) bond motifs is 2. The van der Waals surface area contributed by atoms with Crippen molar-refractivity contribution in [2.45, 2.75) is 25.7 Å². The minimum atomic E-state index is -0.395. The first-order valence-electron chi connectivity index (χ1n) is 10.6. The number of aliphatic hydroxyl groups is 1. The quantitative estimate of drug-likeness (QED) is 0.416. The zero-order valence-electron chi connectivity index (χ0n) is 18.9. The molecule has 0 radical (unpaired) electrons. The maximum Gasteiger partial charge on any atom is 0.171 e. The van der Waals surface area contributed by atoms with Crippen LogP contribution in [0.1, 0.15) is 35.7 Å². The van der Waals surface area contributed by atoms with Crippen molar-refractivity contribution in [2.75, 3.05) is 26.2 Å². The summed E-state index contributed by atoms with van der Waals surface area (Å²) in [7, 11) is 0. The third-order valence-corrected chi connectivity index (χ3v) is 6.06. The minimum absolute atomic E-state index is 0. The fourth-order valence-corrected chi connectivity index (χ4v) is 4.37. The Balaban J connectivity index is 0.00000144. The first kappa shape index (κ1) is 28.6. The summed E-state index contributed by atoms with van der Waals surface area (Å²) >= 11 is 0. The highest BCUT2D eigenvalue weighted by Crippen LogP contribution is 2.31. The molecule has 35 heavy (non-hydrogen) atoms. The lowest BCUT2D eigenvalue weighted by atomic mass is 9.92. The van der Waals surface area contributed by atoms with Gasteiger partial charge in [-0.25, -0.2) is 13.9 Å². The molecule has 0 aliphatic carbocycles. The molecule has 4 heterocycles. The number of nitrogens with zero attached hydrogens (tertiary/aromatic N) is 7. The lowest BCUT2D eigenvalue weighted by Gasteiger charge is -2.30. The van der Waals surface area contributed by atoms with Gasteiger partial charge in [0.15, 0.2) is 5.65 Å². The van der Waals surface area contributed by atoms with Crippen molar-refractivity contribution in [3.8, 4) is 17.3 Å². The van der Waals surface area contributed by atoms with Gasteiger partial charge in [0, 0.05) is 23.4 Å². The molecule has 0 unspecified atom stereocenters. The van der Waals surface area contributed by atoms with Crippen molar-refractivity contribution >= 4 is 53.8 Å². The molecule has 12 heteroatoms. The van der Waals surface area contributed by atoms with Crippen LogP contribution in [-0.2, 0) is 0 Å². The number of imidazole rings is 1. The summed E-state index contributed by atoms with van der Waals surface area (Å²) in [4.78, 5) is 6.54. The second-order valence-electron chi connectivity index (χ2n) is 8.21. The number of aryl methyl sites for hydroxylation is 1. The second-order valence-corrected chi connectivity index (χ2v) is 8.21. The number of halogens is 4. The Labute approximate surface area is 220 Å². The van der Waals surface area contributed by atoms with Crippen molar-refractivity contribution in [3.63, 3.8) is 0 Å². The maximum absolute atomic E-state index is 15.1. The fraction of sp³-hybridized carbons (Fsp3) is 0.348. The summed E-state index contributed by atoms with van der Waals surface area (Å²) < 4.78 is 16.7. The SMILES string of the molecule is Cc1cn2nc(-c3cc(F)c4cc(C5CCN(CCO)CC5)nnc4c3)cc(C#N)c2n1.Cl.Cl.Cl. The highest BCUT2D eigenvalue weighted by molar-refractivity contribution is 5.86. The number of nitriles is 1. The van der Waals surface area contributed by atoms with Gasteiger partial charge >= 0.3 is 0 Å². The average molecular weight is 541 g/mol. The number of likely N-dealkylation sites (tertiary alicyclic amines) is 1. The summed E-state index contributed by atoms with van der Waals surface area (Å²) in [6.07, 6.45) is 3.55. The molecule has 0 amide bonds. The Kier molecular flexibility index (Phi) is 9.72. The molecule has 0 saturated carbocycles. The highest BCUT2D eigenvalue weighted by Gasteiger charge is 2.22. The number of rotatable bonds is 4. The third kappa shape index (κ3) is 5.63. The molecule has 0 bridgehead atoms. The van der Waals surface area contributed by atoms with Gasteiger partial charge in [0.25, 0.3) is 0 Å². The summed E-state index contributed by atoms with van der Waals surface area (Å²) in [6.45, 7) is 4.44. The summed E-state index contributed by atoms with van der Waals surface area (Å²) in [5, 5.41) is 32.2. The van der Waals surface area contributed by atoms with Crippen LogP contribution in [-0.4, -0.2) is 61.0 Å². The zero-order chi connectivity index (χ0) is 22.2. The van der Waals surface area contributed by atoms with Gasteiger partial charge < -0.3 is 10.0 Å². The minimum Gasteiger partial charge on any atom is -0.395 e. The van der Waals surface area contributed by atoms with E-state index in [2.05, 4.69) is 31.2 Å². The number of hydrogen-bond acceptors (Lipinski definition) is 7. The third-order valence-electron chi connectivity index (χ3n) is 6.06. The summed E-state index contributed by atoms with van der Waals surface area (Å²) in [5.74, 6) is -0.166. The van der Waals surface area contributed by atoms with E-state index in [1.807, 2.05) is 6.92 Å². The van der Waals surface area contributed by atoms with E-state index < -0.39 is 5.82 Å². The highest BCUT2D eigenvalue weighted by atomic mass is 35.5. The lowest BCUT2D eigenvalue weighted by Crippen LogP contribution is -2.35. The average Bonchev–Trinajstić information content (AvgIpc) is 3.19. The largest absolute Gasteiger partial charge is 0.395 e. The van der Waals surface area contributed by atoms with E-state index in [-0.39, 0.29) is 49.7 Å². The van der Waals surface area contributed by atoms with Crippen molar-refractivity contribution in [2.24, 2.45) is 0 Å². The Morgan fingerprint density at radius 1 is 1.11 bits per heavy atom. The van der Waals surface area contributed by atoms with E-state index in [0.717, 1.165) is 37.3 Å². The zero-order valence-corrected chi connectivity index (χ0v) is 21.3. The molecule has 4 aromatic rings. The fourth-order valence-electron chi connectivity index (χ4n) is 4.37. The van der Waals surface area contributed by atoms with Crippen LogP contribution in [0.4, 0.5) is 4.39 Å². The molecule has 5 rings (SSSR count). The van der Waals surface area contributed by atoms with Crippen molar-refractivity contribution < 1.29 is 9.50 Å². The predicted molar refractivity (Wildman–Crippen MR) is 138 cm³/mol. The van der Waals surface area contributed by atoms with Gasteiger partial charge in [-0.3, -0.25) is 0 Å². The van der Waals surface area contributed by atoms with E-state index in [4.69, 9.17) is 5.11 Å². The van der Waals surface area contributed by atoms with Crippen molar-refractivity contribution in [1.29, 1.82) is 5.26 Å². The van der Waals surface area contributed by atoms with Crippen LogP contribution in [0.25, 0.3) is 27.8 Å². The van der Waals surface area contributed by atoms with Gasteiger partial charge in [0.05, 0.1) is 41.0 Å². The van der Waals surface area contributed by atoms with E-state index in [1.165, 1.54) is 6.07 Å². The van der Waals surface area contributed by atoms with Crippen LogP contribution in [0.15, 0.2) is 30.5 Å². The molecule has 0 atom stereocenters. The molecule has 1 aromatic carbocycles. The number of β-amino-alcohol motifs (C(OH)–C–C–N with tert-alkyl or cyclic N) is 1. The van der Waals surface area contributed by atoms with Crippen LogP contribution < -0.4 is 0 Å². The Bertz CT molecular complexity index is 1370. The number of aliphatic hydroxyl groups excluding tert-OH is 1. The van der Waals surface area contributed by atoms with Gasteiger partial charge in [-0.1, -0.05) is 0 Å². The number of hydrogen-bond donors (Lipinski definition) is 1. The molecular weight excluding hydrogens is 516 g/mol. The maximum atomic E-state index is 15.1. The molecule has 186 valence electrons. The summed E-state index contributed by atoms with van der Waals surface area (Å²) in [6, 6.07) is 8.72. The molecule has 3 aromatic heterocycles. The van der Waals surface area contributed by atoms with Crippen LogP contribution in [0.3, 0.4) is 0 Å². The molecular formula is C23H25Cl3FN7O. The van der Waals surface area contributed by atoms with Crippen molar-refractivity contribution in [3.05, 3.63) is 53.2 Å². The van der Waals surface area contributed by atoms with Gasteiger partial charge in [-0.05, 0) is 57.1 Å². The first-order chi connectivity index (χ1) is 15.6. The van der Waals surface area contributed by atoms with Crippen LogP contribution in [0.2, 0.25) is 0 Å². The van der Waals surface area contributed by atoms with E-state index in [1.54, 1.807) is 28.9 Å². The Morgan fingerprint density at radius 2 is 1.86 bits per heavy atom. The van der Waals surface area contributed by atoms with E-state index in [9.17, 15) is 5.26 Å². The van der Waals surface area contributed by atoms with Gasteiger partial charge in [-0.15, -0.1) is 37.2 Å². The van der Waals surface area contributed by atoms with Gasteiger partial charge in [0.2, 0.25) is 0 Å². The molecule has 1 fully saturated rings. The molecule has 1 N–H and O–H groups in total. The lowest BCUT2D eigenvalue weighted by molar-refractivity contribution is 0.163. The molecule has 8 nitrogen and oxygen atoms in total. The predicted octanol–water partition coefficient (Wildman–Crippen LogP) is 4.10. The molecule has 1 aliphatic heterocycles. The monoisotopic (exact) mass is 539 g/mol. The van der Waals surface area contributed by atoms with Crippen LogP contribution in [0, 0.1) is 24.1 Å². The molecule has 1 aliphatic rings. The van der Waals surface area contributed by atoms with Gasteiger partial charge in [-0.2, -0.15) is 20.6 Å². The smallest absolute Gasteiger partial charge is 0.171 e. The Hall–Kier alpha value is -2.61.